The summed E-state index contributed by atoms with van der Waals surface area (Å²) >= 11 is 3.58. The Morgan fingerprint density at radius 3 is 2.90 bits per heavy atom. The number of benzene rings is 1. The second-order valence-corrected chi connectivity index (χ2v) is 9.19. The SMILES string of the molecule is Cc1c(CN2CCSCC2)cccc1NC(=O)CCc1nc(-c2cccs2)no1. The smallest absolute Gasteiger partial charge is 0.227 e. The lowest BCUT2D eigenvalue weighted by Crippen LogP contribution is -2.32. The average Bonchev–Trinajstić information content (AvgIpc) is 3.42. The normalized spacial score (nSPS) is 14.8. The second kappa shape index (κ2) is 9.56. The van der Waals surface area contributed by atoms with Crippen molar-refractivity contribution in [1.82, 2.24) is 15.0 Å². The lowest BCUT2D eigenvalue weighted by Gasteiger charge is -2.27. The number of thioether (sulfide) groups is 1. The number of rotatable bonds is 7. The first kappa shape index (κ1) is 20.1. The molecule has 1 aliphatic heterocycles. The number of anilines is 1. The molecule has 0 aliphatic carbocycles. The molecule has 1 aromatic carbocycles. The zero-order valence-electron chi connectivity index (χ0n) is 16.4. The third-order valence-electron chi connectivity index (χ3n) is 4.99. The van der Waals surface area contributed by atoms with Crippen LogP contribution in [0.2, 0.25) is 0 Å². The van der Waals surface area contributed by atoms with Crippen LogP contribution < -0.4 is 5.32 Å². The molecule has 2 aromatic heterocycles. The Bertz CT molecular complexity index is 950. The van der Waals surface area contributed by atoms with E-state index in [4.69, 9.17) is 4.52 Å². The summed E-state index contributed by atoms with van der Waals surface area (Å²) in [6, 6.07) is 10.0. The largest absolute Gasteiger partial charge is 0.339 e. The number of hydrogen-bond donors (Lipinski definition) is 1. The summed E-state index contributed by atoms with van der Waals surface area (Å²) in [6.07, 6.45) is 0.730. The van der Waals surface area contributed by atoms with Gasteiger partial charge in [-0.05, 0) is 35.6 Å². The van der Waals surface area contributed by atoms with Gasteiger partial charge in [0.1, 0.15) is 0 Å². The predicted octanol–water partition coefficient (Wildman–Crippen LogP) is 4.23. The van der Waals surface area contributed by atoms with Crippen molar-refractivity contribution < 1.29 is 9.32 Å². The number of amides is 1. The molecule has 1 fully saturated rings. The molecule has 152 valence electrons. The number of nitrogens with one attached hydrogen (secondary N) is 1. The summed E-state index contributed by atoms with van der Waals surface area (Å²) in [4.78, 5) is 20.3. The first-order valence-electron chi connectivity index (χ1n) is 9.74. The van der Waals surface area contributed by atoms with Gasteiger partial charge in [0, 0.05) is 49.7 Å². The van der Waals surface area contributed by atoms with Crippen molar-refractivity contribution in [2.24, 2.45) is 0 Å². The maximum atomic E-state index is 12.5. The van der Waals surface area contributed by atoms with Crippen LogP contribution in [0.15, 0.2) is 40.2 Å². The van der Waals surface area contributed by atoms with Crippen molar-refractivity contribution in [3.63, 3.8) is 0 Å². The van der Waals surface area contributed by atoms with E-state index in [9.17, 15) is 4.79 Å². The minimum absolute atomic E-state index is 0.0458. The topological polar surface area (TPSA) is 71.3 Å². The number of hydrogen-bond acceptors (Lipinski definition) is 7. The highest BCUT2D eigenvalue weighted by molar-refractivity contribution is 7.99. The van der Waals surface area contributed by atoms with Gasteiger partial charge in [0.15, 0.2) is 0 Å². The Labute approximate surface area is 178 Å². The zero-order valence-corrected chi connectivity index (χ0v) is 18.0. The van der Waals surface area contributed by atoms with Gasteiger partial charge in [-0.2, -0.15) is 16.7 Å². The quantitative estimate of drug-likeness (QED) is 0.607. The molecule has 29 heavy (non-hydrogen) atoms. The van der Waals surface area contributed by atoms with E-state index < -0.39 is 0 Å². The minimum atomic E-state index is -0.0458. The van der Waals surface area contributed by atoms with Gasteiger partial charge < -0.3 is 9.84 Å². The Balaban J connectivity index is 1.33. The number of aromatic nitrogens is 2. The van der Waals surface area contributed by atoms with Gasteiger partial charge in [-0.15, -0.1) is 11.3 Å². The summed E-state index contributed by atoms with van der Waals surface area (Å²) in [7, 11) is 0. The lowest BCUT2D eigenvalue weighted by molar-refractivity contribution is -0.116. The fourth-order valence-corrected chi connectivity index (χ4v) is 4.91. The minimum Gasteiger partial charge on any atom is -0.339 e. The van der Waals surface area contributed by atoms with E-state index in [1.807, 2.05) is 41.4 Å². The highest BCUT2D eigenvalue weighted by Gasteiger charge is 2.15. The molecule has 8 heteroatoms. The molecular weight excluding hydrogens is 404 g/mol. The highest BCUT2D eigenvalue weighted by atomic mass is 32.2. The van der Waals surface area contributed by atoms with Crippen LogP contribution in [0.5, 0.6) is 0 Å². The van der Waals surface area contributed by atoms with Crippen LogP contribution in [0.3, 0.4) is 0 Å². The van der Waals surface area contributed by atoms with Crippen LogP contribution >= 0.6 is 23.1 Å². The molecule has 0 spiro atoms. The summed E-state index contributed by atoms with van der Waals surface area (Å²) in [5, 5.41) is 9.00. The maximum Gasteiger partial charge on any atom is 0.227 e. The van der Waals surface area contributed by atoms with Crippen LogP contribution in [-0.2, 0) is 17.8 Å². The van der Waals surface area contributed by atoms with E-state index >= 15 is 0 Å². The van der Waals surface area contributed by atoms with Crippen molar-refractivity contribution in [1.29, 1.82) is 0 Å². The number of carbonyl (C=O) groups excluding carboxylic acids is 1. The highest BCUT2D eigenvalue weighted by Crippen LogP contribution is 2.23. The fourth-order valence-electron chi connectivity index (χ4n) is 3.29. The van der Waals surface area contributed by atoms with E-state index in [1.165, 1.54) is 17.1 Å². The fraction of sp³-hybridized carbons (Fsp3) is 0.381. The molecule has 0 unspecified atom stereocenters. The van der Waals surface area contributed by atoms with Gasteiger partial charge in [-0.25, -0.2) is 0 Å². The molecule has 1 saturated heterocycles. The van der Waals surface area contributed by atoms with Crippen LogP contribution in [-0.4, -0.2) is 45.5 Å². The first-order valence-corrected chi connectivity index (χ1v) is 11.8. The Morgan fingerprint density at radius 1 is 1.24 bits per heavy atom. The summed E-state index contributed by atoms with van der Waals surface area (Å²) in [6.45, 7) is 5.26. The van der Waals surface area contributed by atoms with E-state index in [0.717, 1.165) is 35.8 Å². The molecule has 1 N–H and O–H groups in total. The summed E-state index contributed by atoms with van der Waals surface area (Å²) in [5.74, 6) is 3.40. The molecule has 3 heterocycles. The van der Waals surface area contributed by atoms with Crippen molar-refractivity contribution in [3.05, 3.63) is 52.7 Å². The van der Waals surface area contributed by atoms with Gasteiger partial charge in [0.05, 0.1) is 4.88 Å². The molecule has 4 rings (SSSR count). The van der Waals surface area contributed by atoms with Crippen molar-refractivity contribution in [2.45, 2.75) is 26.3 Å². The van der Waals surface area contributed by atoms with Crippen LogP contribution in [0.4, 0.5) is 5.69 Å². The summed E-state index contributed by atoms with van der Waals surface area (Å²) < 4.78 is 5.27. The molecule has 3 aromatic rings. The average molecular weight is 429 g/mol. The monoisotopic (exact) mass is 428 g/mol. The zero-order chi connectivity index (χ0) is 20.1. The van der Waals surface area contributed by atoms with Crippen molar-refractivity contribution >= 4 is 34.7 Å². The van der Waals surface area contributed by atoms with Crippen molar-refractivity contribution in [2.75, 3.05) is 29.9 Å². The van der Waals surface area contributed by atoms with Crippen LogP contribution in [0.1, 0.15) is 23.4 Å². The number of nitrogens with zero attached hydrogens (tertiary/aromatic N) is 3. The molecule has 6 nitrogen and oxygen atoms in total. The van der Waals surface area contributed by atoms with E-state index in [-0.39, 0.29) is 5.91 Å². The molecule has 1 aliphatic rings. The molecule has 0 saturated carbocycles. The van der Waals surface area contributed by atoms with Gasteiger partial charge in [0.2, 0.25) is 17.6 Å². The van der Waals surface area contributed by atoms with Crippen LogP contribution in [0, 0.1) is 6.92 Å². The lowest BCUT2D eigenvalue weighted by atomic mass is 10.1. The number of aryl methyl sites for hydroxylation is 1. The molecule has 0 atom stereocenters. The van der Waals surface area contributed by atoms with Gasteiger partial charge in [0.25, 0.3) is 0 Å². The van der Waals surface area contributed by atoms with Crippen molar-refractivity contribution in [3.8, 4) is 10.7 Å². The second-order valence-electron chi connectivity index (χ2n) is 7.02. The van der Waals surface area contributed by atoms with Crippen LogP contribution in [0.25, 0.3) is 10.7 Å². The maximum absolute atomic E-state index is 12.5. The molecule has 0 bridgehead atoms. The first-order chi connectivity index (χ1) is 14.2. The van der Waals surface area contributed by atoms with Gasteiger partial charge in [-0.3, -0.25) is 9.69 Å². The third kappa shape index (κ3) is 5.26. The molecule has 1 amide bonds. The number of thiophene rings is 1. The van der Waals surface area contributed by atoms with Gasteiger partial charge in [-0.1, -0.05) is 23.4 Å². The standard InChI is InChI=1S/C21H24N4O2S2/c1-15-16(14-25-9-12-28-13-10-25)4-2-5-17(15)22-19(26)7-8-20-23-21(24-27-20)18-6-3-11-29-18/h2-6,11H,7-10,12-14H2,1H3,(H,22,26). The Kier molecular flexibility index (Phi) is 6.63. The van der Waals surface area contributed by atoms with E-state index in [0.29, 0.717) is 24.6 Å². The Hall–Kier alpha value is -2.16. The summed E-state index contributed by atoms with van der Waals surface area (Å²) in [5.41, 5.74) is 3.28. The predicted molar refractivity (Wildman–Crippen MR) is 118 cm³/mol. The van der Waals surface area contributed by atoms with E-state index in [2.05, 4.69) is 33.3 Å². The third-order valence-corrected chi connectivity index (χ3v) is 6.80. The van der Waals surface area contributed by atoms with Gasteiger partial charge >= 0.3 is 0 Å². The molecule has 0 radical (unpaired) electrons. The van der Waals surface area contributed by atoms with E-state index in [1.54, 1.807) is 11.3 Å². The molecular formula is C21H24N4O2S2. The number of carbonyl (C=O) groups is 1. The Morgan fingerprint density at radius 2 is 2.10 bits per heavy atom.